The van der Waals surface area contributed by atoms with Crippen LogP contribution in [0.5, 0.6) is 0 Å². The number of ether oxygens (including phenoxy) is 1. The van der Waals surface area contributed by atoms with Crippen LogP contribution in [0.1, 0.15) is 45.3 Å². The van der Waals surface area contributed by atoms with Gasteiger partial charge in [0.1, 0.15) is 6.10 Å². The number of fused-ring (bicyclic) bond motifs is 3. The number of benzene rings is 1. The number of allylic oxidation sites excluding steroid dienone is 3. The second kappa shape index (κ2) is 7.78. The van der Waals surface area contributed by atoms with Gasteiger partial charge in [-0.25, -0.2) is 0 Å². The van der Waals surface area contributed by atoms with E-state index in [2.05, 4.69) is 6.92 Å². The molecule has 5 nitrogen and oxygen atoms in total. The van der Waals surface area contributed by atoms with Gasteiger partial charge in [-0.1, -0.05) is 43.3 Å². The van der Waals surface area contributed by atoms with Crippen molar-refractivity contribution in [2.75, 3.05) is 13.6 Å². The summed E-state index contributed by atoms with van der Waals surface area (Å²) in [6.45, 7) is 6.49. The second-order valence-corrected chi connectivity index (χ2v) is 9.36. The Labute approximate surface area is 178 Å². The molecule has 1 heterocycles. The van der Waals surface area contributed by atoms with Crippen LogP contribution in [0.3, 0.4) is 0 Å². The van der Waals surface area contributed by atoms with Crippen LogP contribution < -0.4 is 0 Å². The molecule has 0 aromatic heterocycles. The molecule has 1 saturated heterocycles. The van der Waals surface area contributed by atoms with Crippen LogP contribution in [0.2, 0.25) is 0 Å². The van der Waals surface area contributed by atoms with E-state index in [-0.39, 0.29) is 41.1 Å². The molecule has 0 amide bonds. The molecule has 1 aromatic carbocycles. The van der Waals surface area contributed by atoms with Crippen molar-refractivity contribution in [1.29, 1.82) is 0 Å². The highest BCUT2D eigenvalue weighted by Gasteiger charge is 2.54. The summed E-state index contributed by atoms with van der Waals surface area (Å²) in [4.78, 5) is 27.2. The number of aliphatic hydroxyl groups is 1. The highest BCUT2D eigenvalue weighted by atomic mass is 16.6. The maximum Gasteiger partial charge on any atom is 0.311 e. The molecule has 6 atom stereocenters. The number of ketones is 1. The Bertz CT molecular complexity index is 905. The number of carbonyl (C=O) groups excluding carboxylic acids is 2. The SMILES string of the molecule is CC1=C2C3OC(=O)C(CN(C)C(C)C(O)c4ccccc4)C3CCC2(C)C=CC1=O. The Morgan fingerprint density at radius 3 is 2.67 bits per heavy atom. The maximum atomic E-state index is 12.9. The summed E-state index contributed by atoms with van der Waals surface area (Å²) in [5.41, 5.74) is 2.37. The maximum absolute atomic E-state index is 12.9. The molecule has 2 aliphatic carbocycles. The summed E-state index contributed by atoms with van der Waals surface area (Å²) < 4.78 is 5.88. The number of likely N-dealkylation sites (N-methyl/N-ethyl adjacent to an activating group) is 1. The normalized spacial score (nSPS) is 32.7. The van der Waals surface area contributed by atoms with E-state index in [1.54, 1.807) is 6.08 Å². The van der Waals surface area contributed by atoms with Crippen LogP contribution in [0.4, 0.5) is 0 Å². The van der Waals surface area contributed by atoms with Gasteiger partial charge in [0, 0.05) is 29.5 Å². The van der Waals surface area contributed by atoms with E-state index in [0.29, 0.717) is 6.54 Å². The summed E-state index contributed by atoms with van der Waals surface area (Å²) in [6.07, 6.45) is 4.48. The average Bonchev–Trinajstić information content (AvgIpc) is 3.05. The highest BCUT2D eigenvalue weighted by Crippen LogP contribution is 2.53. The van der Waals surface area contributed by atoms with Crippen LogP contribution in [-0.4, -0.2) is 47.5 Å². The van der Waals surface area contributed by atoms with Crippen LogP contribution >= 0.6 is 0 Å². The molecule has 160 valence electrons. The molecule has 0 radical (unpaired) electrons. The van der Waals surface area contributed by atoms with Gasteiger partial charge >= 0.3 is 5.97 Å². The van der Waals surface area contributed by atoms with Crippen molar-refractivity contribution in [1.82, 2.24) is 4.90 Å². The van der Waals surface area contributed by atoms with Crippen LogP contribution in [0, 0.1) is 17.3 Å². The van der Waals surface area contributed by atoms with Gasteiger partial charge in [-0.3, -0.25) is 14.5 Å². The predicted molar refractivity (Wildman–Crippen MR) is 115 cm³/mol. The van der Waals surface area contributed by atoms with Crippen molar-refractivity contribution < 1.29 is 19.4 Å². The topological polar surface area (TPSA) is 66.8 Å². The fourth-order valence-electron chi connectivity index (χ4n) is 5.43. The van der Waals surface area contributed by atoms with Gasteiger partial charge < -0.3 is 9.84 Å². The smallest absolute Gasteiger partial charge is 0.311 e. The third-order valence-electron chi connectivity index (χ3n) is 7.50. The lowest BCUT2D eigenvalue weighted by Gasteiger charge is -2.43. The zero-order chi connectivity index (χ0) is 21.6. The first-order chi connectivity index (χ1) is 14.2. The number of aliphatic hydroxyl groups excluding tert-OH is 1. The molecule has 2 fully saturated rings. The van der Waals surface area contributed by atoms with Crippen LogP contribution in [0.25, 0.3) is 0 Å². The Morgan fingerprint density at radius 1 is 1.27 bits per heavy atom. The van der Waals surface area contributed by atoms with E-state index >= 15 is 0 Å². The molecule has 0 bridgehead atoms. The van der Waals surface area contributed by atoms with Gasteiger partial charge in [-0.2, -0.15) is 0 Å². The standard InChI is InChI=1S/C25H31NO4/c1-15-20(27)11-13-25(3)12-10-18-19(24(29)30-23(18)21(15)25)14-26(4)16(2)22(28)17-8-6-5-7-9-17/h5-9,11,13,16,18-19,22-23,28H,10,12,14H2,1-4H3. The first kappa shape index (κ1) is 21.0. The molecular weight excluding hydrogens is 378 g/mol. The molecule has 4 rings (SSSR count). The Morgan fingerprint density at radius 2 is 1.97 bits per heavy atom. The van der Waals surface area contributed by atoms with E-state index in [4.69, 9.17) is 4.74 Å². The molecule has 3 aliphatic rings. The Kier molecular flexibility index (Phi) is 5.45. The lowest BCUT2D eigenvalue weighted by atomic mass is 9.61. The minimum atomic E-state index is -0.634. The number of hydrogen-bond donors (Lipinski definition) is 1. The van der Waals surface area contributed by atoms with Crippen molar-refractivity contribution in [2.24, 2.45) is 17.3 Å². The summed E-state index contributed by atoms with van der Waals surface area (Å²) >= 11 is 0. The second-order valence-electron chi connectivity index (χ2n) is 9.36. The summed E-state index contributed by atoms with van der Waals surface area (Å²) in [7, 11) is 1.95. The van der Waals surface area contributed by atoms with E-state index in [0.717, 1.165) is 29.6 Å². The minimum absolute atomic E-state index is 0.0133. The monoisotopic (exact) mass is 409 g/mol. The number of hydrogen-bond acceptors (Lipinski definition) is 5. The van der Waals surface area contributed by atoms with Gasteiger partial charge in [0.2, 0.25) is 0 Å². The van der Waals surface area contributed by atoms with Crippen molar-refractivity contribution >= 4 is 11.8 Å². The van der Waals surface area contributed by atoms with E-state index in [9.17, 15) is 14.7 Å². The van der Waals surface area contributed by atoms with Crippen molar-refractivity contribution in [2.45, 2.75) is 51.9 Å². The molecule has 1 aliphatic heterocycles. The van der Waals surface area contributed by atoms with Crippen molar-refractivity contribution in [3.05, 3.63) is 59.2 Å². The van der Waals surface area contributed by atoms with Gasteiger partial charge in [-0.15, -0.1) is 0 Å². The quantitative estimate of drug-likeness (QED) is 0.755. The molecule has 5 heteroatoms. The molecule has 0 spiro atoms. The first-order valence-electron chi connectivity index (χ1n) is 10.8. The molecule has 6 unspecified atom stereocenters. The fourth-order valence-corrected chi connectivity index (χ4v) is 5.43. The van der Waals surface area contributed by atoms with Gasteiger partial charge in [-0.05, 0) is 50.9 Å². The third-order valence-corrected chi connectivity index (χ3v) is 7.50. The van der Waals surface area contributed by atoms with Crippen molar-refractivity contribution in [3.63, 3.8) is 0 Å². The van der Waals surface area contributed by atoms with Gasteiger partial charge in [0.15, 0.2) is 5.78 Å². The van der Waals surface area contributed by atoms with E-state index < -0.39 is 6.10 Å². The lowest BCUT2D eigenvalue weighted by molar-refractivity contribution is -0.144. The molecular formula is C25H31NO4. The first-order valence-corrected chi connectivity index (χ1v) is 10.8. The number of nitrogens with zero attached hydrogens (tertiary/aromatic N) is 1. The molecule has 1 saturated carbocycles. The highest BCUT2D eigenvalue weighted by molar-refractivity contribution is 6.05. The molecule has 1 N–H and O–H groups in total. The average molecular weight is 410 g/mol. The molecule has 30 heavy (non-hydrogen) atoms. The minimum Gasteiger partial charge on any atom is -0.457 e. The predicted octanol–water partition coefficient (Wildman–Crippen LogP) is 3.45. The summed E-state index contributed by atoms with van der Waals surface area (Å²) in [5, 5.41) is 10.8. The molecule has 1 aromatic rings. The summed E-state index contributed by atoms with van der Waals surface area (Å²) in [6, 6.07) is 9.45. The summed E-state index contributed by atoms with van der Waals surface area (Å²) in [5.74, 6) is -0.362. The van der Waals surface area contributed by atoms with E-state index in [1.807, 2.05) is 62.2 Å². The zero-order valence-electron chi connectivity index (χ0n) is 18.2. The number of rotatable bonds is 5. The Hall–Kier alpha value is -2.24. The lowest BCUT2D eigenvalue weighted by Crippen LogP contribution is -2.43. The number of esters is 1. The van der Waals surface area contributed by atoms with Crippen LogP contribution in [0.15, 0.2) is 53.6 Å². The fraction of sp³-hybridized carbons (Fsp3) is 0.520. The van der Waals surface area contributed by atoms with Gasteiger partial charge in [0.05, 0.1) is 12.0 Å². The van der Waals surface area contributed by atoms with E-state index in [1.165, 1.54) is 0 Å². The van der Waals surface area contributed by atoms with Crippen LogP contribution in [-0.2, 0) is 14.3 Å². The van der Waals surface area contributed by atoms with Crippen molar-refractivity contribution in [3.8, 4) is 0 Å². The number of carbonyl (C=O) groups is 2. The largest absolute Gasteiger partial charge is 0.457 e. The van der Waals surface area contributed by atoms with Gasteiger partial charge in [0.25, 0.3) is 0 Å². The third kappa shape index (κ3) is 3.44. The zero-order valence-corrected chi connectivity index (χ0v) is 18.2. The Balaban J connectivity index is 1.52.